The summed E-state index contributed by atoms with van der Waals surface area (Å²) >= 11 is 0. The van der Waals surface area contributed by atoms with Gasteiger partial charge < -0.3 is 15.4 Å². The van der Waals surface area contributed by atoms with Gasteiger partial charge in [-0.3, -0.25) is 0 Å². The second kappa shape index (κ2) is 5.20. The minimum atomic E-state index is -0.246. The van der Waals surface area contributed by atoms with Crippen LogP contribution < -0.4 is 10.6 Å². The number of hydrogen-bond donors (Lipinski definition) is 2. The van der Waals surface area contributed by atoms with Gasteiger partial charge in [-0.1, -0.05) is 19.9 Å². The molecular formula is C18H23FN2O2. The Bertz CT molecular complexity index is 646. The predicted octanol–water partition coefficient (Wildman–Crippen LogP) is 2.93. The Morgan fingerprint density at radius 3 is 2.96 bits per heavy atom. The Morgan fingerprint density at radius 2 is 2.13 bits per heavy atom. The minimum absolute atomic E-state index is 0.0296. The highest BCUT2D eigenvalue weighted by atomic mass is 19.1. The van der Waals surface area contributed by atoms with E-state index in [1.54, 1.807) is 6.07 Å². The Morgan fingerprint density at radius 1 is 1.30 bits per heavy atom. The van der Waals surface area contributed by atoms with Gasteiger partial charge in [-0.05, 0) is 42.5 Å². The highest BCUT2D eigenvalue weighted by Crippen LogP contribution is 2.52. The summed E-state index contributed by atoms with van der Waals surface area (Å²) in [4.78, 5) is 12.4. The average Bonchev–Trinajstić information content (AvgIpc) is 3.11. The zero-order valence-corrected chi connectivity index (χ0v) is 13.6. The van der Waals surface area contributed by atoms with Crippen LogP contribution in [0.4, 0.5) is 9.18 Å². The molecule has 5 heteroatoms. The van der Waals surface area contributed by atoms with Crippen molar-refractivity contribution in [1.82, 2.24) is 10.6 Å². The molecule has 1 saturated heterocycles. The molecule has 1 aliphatic heterocycles. The van der Waals surface area contributed by atoms with Gasteiger partial charge in [0.1, 0.15) is 5.82 Å². The van der Waals surface area contributed by atoms with E-state index < -0.39 is 0 Å². The maximum atomic E-state index is 13.5. The number of fused-ring (bicyclic) bond motifs is 2. The molecule has 1 saturated carbocycles. The summed E-state index contributed by atoms with van der Waals surface area (Å²) in [6.45, 7) is 5.07. The third-order valence-electron chi connectivity index (χ3n) is 5.88. The van der Waals surface area contributed by atoms with Crippen LogP contribution >= 0.6 is 0 Å². The van der Waals surface area contributed by atoms with E-state index in [0.29, 0.717) is 5.92 Å². The Hall–Kier alpha value is -1.62. The molecule has 4 nitrogen and oxygen atoms in total. The fraction of sp³-hybridized carbons (Fsp3) is 0.611. The molecule has 4 rings (SSSR count). The predicted molar refractivity (Wildman–Crippen MR) is 84.5 cm³/mol. The second-order valence-corrected chi connectivity index (χ2v) is 7.60. The van der Waals surface area contributed by atoms with Gasteiger partial charge >= 0.3 is 6.03 Å². The quantitative estimate of drug-likeness (QED) is 0.881. The van der Waals surface area contributed by atoms with E-state index >= 15 is 0 Å². The van der Waals surface area contributed by atoms with Crippen molar-refractivity contribution in [3.63, 3.8) is 0 Å². The molecule has 4 atom stereocenters. The van der Waals surface area contributed by atoms with Crippen LogP contribution in [0, 0.1) is 17.2 Å². The van der Waals surface area contributed by atoms with Crippen LogP contribution in [0.2, 0.25) is 0 Å². The van der Waals surface area contributed by atoms with Crippen LogP contribution in [0.25, 0.3) is 0 Å². The zero-order chi connectivity index (χ0) is 16.2. The van der Waals surface area contributed by atoms with Gasteiger partial charge in [-0.15, -0.1) is 0 Å². The smallest absolute Gasteiger partial charge is 0.315 e. The zero-order valence-electron chi connectivity index (χ0n) is 13.6. The Kier molecular flexibility index (Phi) is 3.38. The highest BCUT2D eigenvalue weighted by Gasteiger charge is 2.59. The van der Waals surface area contributed by atoms with Crippen molar-refractivity contribution < 1.29 is 13.9 Å². The maximum absolute atomic E-state index is 13.5. The van der Waals surface area contributed by atoms with Crippen molar-refractivity contribution in [2.75, 3.05) is 6.61 Å². The molecule has 2 aliphatic carbocycles. The molecule has 1 aromatic rings. The number of aryl methyl sites for hydroxylation is 1. The molecule has 2 fully saturated rings. The van der Waals surface area contributed by atoms with Crippen molar-refractivity contribution in [1.29, 1.82) is 0 Å². The lowest BCUT2D eigenvalue weighted by Crippen LogP contribution is -2.67. The summed E-state index contributed by atoms with van der Waals surface area (Å²) in [7, 11) is 0. The van der Waals surface area contributed by atoms with Crippen molar-refractivity contribution in [3.8, 4) is 0 Å². The van der Waals surface area contributed by atoms with E-state index in [1.165, 1.54) is 6.07 Å². The first-order valence-corrected chi connectivity index (χ1v) is 8.44. The van der Waals surface area contributed by atoms with Crippen molar-refractivity contribution in [3.05, 3.63) is 35.1 Å². The minimum Gasteiger partial charge on any atom is -0.377 e. The molecule has 0 spiro atoms. The number of nitrogens with one attached hydrogen (secondary N) is 2. The number of benzene rings is 1. The van der Waals surface area contributed by atoms with Crippen LogP contribution in [0.5, 0.6) is 0 Å². The number of amides is 2. The van der Waals surface area contributed by atoms with Gasteiger partial charge in [0.2, 0.25) is 0 Å². The largest absolute Gasteiger partial charge is 0.377 e. The van der Waals surface area contributed by atoms with E-state index in [1.807, 2.05) is 6.07 Å². The number of urea groups is 1. The standard InChI is InChI=1S/C18H23FN2O2/c1-18(2)15(12-7-8-23-16(12)18)21-17(22)20-14-6-4-10-3-5-11(19)9-13(10)14/h3,5,9,12,14-16H,4,6-8H2,1-2H3,(H2,20,21,22)/t12-,14-,15-,16-/m1/s1. The third kappa shape index (κ3) is 2.33. The van der Waals surface area contributed by atoms with Gasteiger partial charge in [0, 0.05) is 24.0 Å². The van der Waals surface area contributed by atoms with Crippen molar-refractivity contribution >= 4 is 6.03 Å². The van der Waals surface area contributed by atoms with Gasteiger partial charge in [0.25, 0.3) is 0 Å². The normalized spacial score (nSPS) is 33.5. The van der Waals surface area contributed by atoms with Crippen molar-refractivity contribution in [2.45, 2.75) is 51.3 Å². The van der Waals surface area contributed by atoms with E-state index in [2.05, 4.69) is 24.5 Å². The number of hydrogen-bond acceptors (Lipinski definition) is 2. The molecule has 124 valence electrons. The fourth-order valence-corrected chi connectivity index (χ4v) is 4.68. The molecule has 0 bridgehead atoms. The summed E-state index contributed by atoms with van der Waals surface area (Å²) < 4.78 is 19.2. The summed E-state index contributed by atoms with van der Waals surface area (Å²) in [6, 6.07) is 4.73. The third-order valence-corrected chi connectivity index (χ3v) is 5.88. The van der Waals surface area contributed by atoms with Crippen LogP contribution in [0.3, 0.4) is 0 Å². The van der Waals surface area contributed by atoms with Crippen molar-refractivity contribution in [2.24, 2.45) is 11.3 Å². The lowest BCUT2D eigenvalue weighted by Gasteiger charge is -2.54. The lowest BCUT2D eigenvalue weighted by molar-refractivity contribution is -0.108. The fourth-order valence-electron chi connectivity index (χ4n) is 4.68. The first-order valence-electron chi connectivity index (χ1n) is 8.44. The number of carbonyl (C=O) groups is 1. The molecule has 0 aromatic heterocycles. The molecular weight excluding hydrogens is 295 g/mol. The molecule has 0 unspecified atom stereocenters. The number of carbonyl (C=O) groups excluding carboxylic acids is 1. The highest BCUT2D eigenvalue weighted by molar-refractivity contribution is 5.75. The summed E-state index contributed by atoms with van der Waals surface area (Å²) in [6.07, 6.45) is 2.98. The number of ether oxygens (including phenoxy) is 1. The van der Waals surface area contributed by atoms with Crippen LogP contribution in [0.15, 0.2) is 18.2 Å². The first-order chi connectivity index (χ1) is 11.0. The van der Waals surface area contributed by atoms with Gasteiger partial charge in [0.15, 0.2) is 0 Å². The first kappa shape index (κ1) is 14.9. The summed E-state index contributed by atoms with van der Waals surface area (Å²) in [5.41, 5.74) is 2.01. The SMILES string of the molecule is CC1(C)[C@H](NC(=O)N[C@@H]2CCc3ccc(F)cc32)[C@H]2CCO[C@H]21. The Labute approximate surface area is 135 Å². The summed E-state index contributed by atoms with van der Waals surface area (Å²) in [5, 5.41) is 6.15. The molecule has 0 radical (unpaired) electrons. The van der Waals surface area contributed by atoms with Gasteiger partial charge in [0.05, 0.1) is 12.1 Å². The van der Waals surface area contributed by atoms with Crippen LogP contribution in [-0.4, -0.2) is 24.8 Å². The maximum Gasteiger partial charge on any atom is 0.315 e. The van der Waals surface area contributed by atoms with E-state index in [9.17, 15) is 9.18 Å². The topological polar surface area (TPSA) is 50.4 Å². The monoisotopic (exact) mass is 318 g/mol. The number of rotatable bonds is 2. The van der Waals surface area contributed by atoms with E-state index in [-0.39, 0.29) is 35.5 Å². The van der Waals surface area contributed by atoms with Gasteiger partial charge in [-0.2, -0.15) is 0 Å². The molecule has 2 amide bonds. The van der Waals surface area contributed by atoms with Crippen LogP contribution in [-0.2, 0) is 11.2 Å². The molecule has 1 heterocycles. The molecule has 23 heavy (non-hydrogen) atoms. The molecule has 1 aromatic carbocycles. The average molecular weight is 318 g/mol. The van der Waals surface area contributed by atoms with Crippen LogP contribution in [0.1, 0.15) is 43.9 Å². The van der Waals surface area contributed by atoms with E-state index in [4.69, 9.17) is 4.74 Å². The second-order valence-electron chi connectivity index (χ2n) is 7.60. The Balaban J connectivity index is 1.41. The summed E-state index contributed by atoms with van der Waals surface area (Å²) in [5.74, 6) is 0.174. The molecule has 3 aliphatic rings. The number of halogens is 1. The van der Waals surface area contributed by atoms with Gasteiger partial charge in [-0.25, -0.2) is 9.18 Å². The lowest BCUT2D eigenvalue weighted by atomic mass is 9.57. The van der Waals surface area contributed by atoms with E-state index in [0.717, 1.165) is 37.0 Å². The molecule has 2 N–H and O–H groups in total.